The first-order valence-electron chi connectivity index (χ1n) is 9.82. The molecule has 1 aliphatic heterocycles. The highest BCUT2D eigenvalue weighted by molar-refractivity contribution is 7.90. The van der Waals surface area contributed by atoms with Crippen LogP contribution in [0.4, 0.5) is 5.69 Å². The Morgan fingerprint density at radius 2 is 1.68 bits per heavy atom. The van der Waals surface area contributed by atoms with Crippen LogP contribution in [0.3, 0.4) is 0 Å². The summed E-state index contributed by atoms with van der Waals surface area (Å²) < 4.78 is 33.9. The highest BCUT2D eigenvalue weighted by Gasteiger charge is 2.29. The lowest BCUT2D eigenvalue weighted by Crippen LogP contribution is -2.40. The van der Waals surface area contributed by atoms with Gasteiger partial charge in [-0.25, -0.2) is 18.1 Å². The predicted molar refractivity (Wildman–Crippen MR) is 124 cm³/mol. The zero-order valence-electron chi connectivity index (χ0n) is 17.1. The number of guanidine groups is 1. The van der Waals surface area contributed by atoms with Gasteiger partial charge in [-0.2, -0.15) is 0 Å². The van der Waals surface area contributed by atoms with Crippen molar-refractivity contribution in [2.75, 3.05) is 5.32 Å². The minimum Gasteiger partial charge on any atom is -0.454 e. The number of rotatable bonds is 5. The van der Waals surface area contributed by atoms with Crippen LogP contribution in [-0.4, -0.2) is 14.4 Å². The van der Waals surface area contributed by atoms with Crippen molar-refractivity contribution in [3.05, 3.63) is 82.9 Å². The first-order valence-corrected chi connectivity index (χ1v) is 11.7. The maximum atomic E-state index is 12.8. The number of anilines is 1. The van der Waals surface area contributed by atoms with Crippen molar-refractivity contribution in [3.63, 3.8) is 0 Å². The Labute approximate surface area is 187 Å². The van der Waals surface area contributed by atoms with Gasteiger partial charge in [0.15, 0.2) is 5.75 Å². The smallest absolute Gasteiger partial charge is 0.266 e. The maximum Gasteiger partial charge on any atom is 0.266 e. The monoisotopic (exact) mass is 455 g/mol. The van der Waals surface area contributed by atoms with Gasteiger partial charge in [-0.15, -0.1) is 0 Å². The lowest BCUT2D eigenvalue weighted by Gasteiger charge is -2.23. The third-order valence-electron chi connectivity index (χ3n) is 4.87. The quantitative estimate of drug-likeness (QED) is 0.531. The Bertz CT molecular complexity index is 1240. The molecule has 3 aromatic rings. The molecule has 4 rings (SSSR count). The summed E-state index contributed by atoms with van der Waals surface area (Å²) in [6, 6.07) is 19.9. The van der Waals surface area contributed by atoms with Crippen LogP contribution in [0.25, 0.3) is 0 Å². The molecule has 0 aromatic heterocycles. The summed E-state index contributed by atoms with van der Waals surface area (Å²) in [5.74, 6) is 1.35. The molecule has 6 nitrogen and oxygen atoms in total. The van der Waals surface area contributed by atoms with E-state index in [9.17, 15) is 8.42 Å². The second-order valence-corrected chi connectivity index (χ2v) is 9.51. The van der Waals surface area contributed by atoms with Crippen molar-refractivity contribution in [3.8, 4) is 11.5 Å². The zero-order chi connectivity index (χ0) is 22.0. The van der Waals surface area contributed by atoms with E-state index in [1.165, 1.54) is 11.6 Å². The van der Waals surface area contributed by atoms with E-state index >= 15 is 0 Å². The van der Waals surface area contributed by atoms with Gasteiger partial charge in [0.25, 0.3) is 10.0 Å². The fraction of sp³-hybridized carbons (Fsp3) is 0.174. The lowest BCUT2D eigenvalue weighted by atomic mass is 10.0. The van der Waals surface area contributed by atoms with Crippen LogP contribution in [0.5, 0.6) is 11.5 Å². The molecule has 160 valence electrons. The zero-order valence-corrected chi connectivity index (χ0v) is 18.7. The Balaban J connectivity index is 1.62. The van der Waals surface area contributed by atoms with Gasteiger partial charge in [-0.1, -0.05) is 67.9 Å². The van der Waals surface area contributed by atoms with Gasteiger partial charge in [0.2, 0.25) is 5.96 Å². The number of nitrogens with one attached hydrogen (secondary N) is 2. The van der Waals surface area contributed by atoms with Gasteiger partial charge >= 0.3 is 0 Å². The van der Waals surface area contributed by atoms with E-state index in [2.05, 4.69) is 41.0 Å². The van der Waals surface area contributed by atoms with Crippen molar-refractivity contribution in [2.45, 2.75) is 31.2 Å². The van der Waals surface area contributed by atoms with Gasteiger partial charge in [0.05, 0.1) is 11.6 Å². The molecule has 0 saturated carbocycles. The summed E-state index contributed by atoms with van der Waals surface area (Å²) >= 11 is 6.19. The van der Waals surface area contributed by atoms with Crippen LogP contribution < -0.4 is 14.8 Å². The molecule has 0 spiro atoms. The number of hydrogen-bond donors (Lipinski definition) is 2. The molecule has 2 N–H and O–H groups in total. The number of fused-ring (bicyclic) bond motifs is 1. The Morgan fingerprint density at radius 3 is 2.39 bits per heavy atom. The van der Waals surface area contributed by atoms with Gasteiger partial charge in [0, 0.05) is 0 Å². The standard InChI is InChI=1S/C23H22ClN3O3S/c1-15(2)17-12-10-16(11-13-17)14-25-23-26-22-20(30-19-7-4-3-6-18(19)24)8-5-9-21(22)31(28,29)27-23/h3-13,15H,14H2,1-2H3,(H2,25,26,27). The summed E-state index contributed by atoms with van der Waals surface area (Å²) in [6.07, 6.45) is 0. The number of para-hydroxylation sites is 2. The van der Waals surface area contributed by atoms with Gasteiger partial charge in [0.1, 0.15) is 16.3 Å². The molecular formula is C23H22ClN3O3S. The molecule has 0 fully saturated rings. The summed E-state index contributed by atoms with van der Waals surface area (Å²) in [6.45, 7) is 4.59. The Hall–Kier alpha value is -3.03. The molecule has 0 aliphatic carbocycles. The number of nitrogens with zero attached hydrogens (tertiary/aromatic N) is 1. The van der Waals surface area contributed by atoms with E-state index in [1.807, 2.05) is 12.1 Å². The molecule has 0 radical (unpaired) electrons. The Kier molecular flexibility index (Phi) is 5.89. The number of benzene rings is 3. The summed E-state index contributed by atoms with van der Waals surface area (Å²) in [4.78, 5) is 4.50. The molecule has 31 heavy (non-hydrogen) atoms. The number of halogens is 1. The lowest BCUT2D eigenvalue weighted by molar-refractivity contribution is 0.483. The topological polar surface area (TPSA) is 79.8 Å². The third-order valence-corrected chi connectivity index (χ3v) is 6.57. The second kappa shape index (κ2) is 8.61. The fourth-order valence-corrected chi connectivity index (χ4v) is 4.50. The molecule has 0 bridgehead atoms. The Morgan fingerprint density at radius 1 is 0.968 bits per heavy atom. The largest absolute Gasteiger partial charge is 0.454 e. The van der Waals surface area contributed by atoms with Crippen LogP contribution in [-0.2, 0) is 16.6 Å². The van der Waals surface area contributed by atoms with Crippen molar-refractivity contribution in [1.82, 2.24) is 4.72 Å². The van der Waals surface area contributed by atoms with E-state index < -0.39 is 10.0 Å². The predicted octanol–water partition coefficient (Wildman–Crippen LogP) is 5.52. The average molecular weight is 456 g/mol. The van der Waals surface area contributed by atoms with Crippen LogP contribution in [0, 0.1) is 0 Å². The highest BCUT2D eigenvalue weighted by Crippen LogP contribution is 2.38. The van der Waals surface area contributed by atoms with Gasteiger partial charge in [-0.05, 0) is 41.3 Å². The molecular weight excluding hydrogens is 434 g/mol. The first kappa shape index (κ1) is 21.2. The minimum atomic E-state index is -3.79. The van der Waals surface area contributed by atoms with Crippen molar-refractivity contribution in [1.29, 1.82) is 0 Å². The third kappa shape index (κ3) is 4.68. The molecule has 1 heterocycles. The maximum absolute atomic E-state index is 12.8. The van der Waals surface area contributed by atoms with Crippen LogP contribution in [0.2, 0.25) is 5.02 Å². The molecule has 8 heteroatoms. The van der Waals surface area contributed by atoms with Gasteiger partial charge < -0.3 is 10.1 Å². The SMILES string of the molecule is CC(C)c1ccc(CN=C2Nc3c(Oc4ccccc4Cl)cccc3S(=O)(=O)N2)cc1. The number of aliphatic imine (C=N–C) groups is 1. The van der Waals surface area contributed by atoms with Crippen LogP contribution in [0.1, 0.15) is 30.9 Å². The summed E-state index contributed by atoms with van der Waals surface area (Å²) in [5, 5.41) is 3.48. The van der Waals surface area contributed by atoms with E-state index in [1.54, 1.807) is 36.4 Å². The molecule has 3 aromatic carbocycles. The number of hydrogen-bond acceptors (Lipinski definition) is 4. The molecule has 0 saturated heterocycles. The van der Waals surface area contributed by atoms with Crippen molar-refractivity contribution in [2.24, 2.45) is 4.99 Å². The van der Waals surface area contributed by atoms with Crippen molar-refractivity contribution >= 4 is 33.3 Å². The molecule has 1 aliphatic rings. The molecule has 0 atom stereocenters. The average Bonchev–Trinajstić information content (AvgIpc) is 2.74. The molecule has 0 amide bonds. The molecule has 0 unspecified atom stereocenters. The fourth-order valence-electron chi connectivity index (χ4n) is 3.17. The first-order chi connectivity index (χ1) is 14.8. The van der Waals surface area contributed by atoms with E-state index in [0.29, 0.717) is 34.7 Å². The number of sulfonamides is 1. The summed E-state index contributed by atoms with van der Waals surface area (Å²) in [5.41, 5.74) is 2.53. The minimum absolute atomic E-state index is 0.0808. The van der Waals surface area contributed by atoms with Crippen LogP contribution >= 0.6 is 11.6 Å². The summed E-state index contributed by atoms with van der Waals surface area (Å²) in [7, 11) is -3.79. The number of ether oxygens (including phenoxy) is 1. The van der Waals surface area contributed by atoms with E-state index in [-0.39, 0.29) is 10.9 Å². The highest BCUT2D eigenvalue weighted by atomic mass is 35.5. The normalized spacial score (nSPS) is 15.8. The van der Waals surface area contributed by atoms with E-state index in [4.69, 9.17) is 16.3 Å². The van der Waals surface area contributed by atoms with Crippen LogP contribution in [0.15, 0.2) is 76.6 Å². The van der Waals surface area contributed by atoms with Crippen molar-refractivity contribution < 1.29 is 13.2 Å². The van der Waals surface area contributed by atoms with E-state index in [0.717, 1.165) is 5.56 Å². The van der Waals surface area contributed by atoms with Gasteiger partial charge in [-0.3, -0.25) is 0 Å². The second-order valence-electron chi connectivity index (χ2n) is 7.45.